The minimum absolute atomic E-state index is 0.317. The number of fused-ring (bicyclic) bond motifs is 2. The average Bonchev–Trinajstić information content (AvgIpc) is 2.57. The van der Waals surface area contributed by atoms with Gasteiger partial charge in [0.15, 0.2) is 5.79 Å². The molecule has 0 radical (unpaired) electrons. The first-order valence-corrected chi connectivity index (χ1v) is 5.51. The first kappa shape index (κ1) is 8.13. The lowest BCUT2D eigenvalue weighted by Gasteiger charge is -2.44. The van der Waals surface area contributed by atoms with Gasteiger partial charge < -0.3 is 9.47 Å². The first-order valence-electron chi connectivity index (χ1n) is 4.10. The lowest BCUT2D eigenvalue weighted by Crippen LogP contribution is -2.64. The molecule has 0 unspecified atom stereocenters. The van der Waals surface area contributed by atoms with Gasteiger partial charge in [0.05, 0.1) is 13.2 Å². The van der Waals surface area contributed by atoms with Crippen molar-refractivity contribution in [3.8, 4) is 0 Å². The van der Waals surface area contributed by atoms with Gasteiger partial charge in [-0.05, 0) is 0 Å². The van der Waals surface area contributed by atoms with Gasteiger partial charge in [-0.3, -0.25) is 4.18 Å². The second-order valence-electron chi connectivity index (χ2n) is 3.40. The van der Waals surface area contributed by atoms with Crippen LogP contribution in [-0.4, -0.2) is 39.6 Å². The van der Waals surface area contributed by atoms with Crippen molar-refractivity contribution in [2.45, 2.75) is 24.4 Å². The van der Waals surface area contributed by atoms with Crippen LogP contribution < -0.4 is 4.72 Å². The van der Waals surface area contributed by atoms with Crippen LogP contribution in [0.15, 0.2) is 0 Å². The molecule has 3 rings (SSSR count). The molecule has 0 amide bonds. The van der Waals surface area contributed by atoms with E-state index in [1.165, 1.54) is 0 Å². The Labute approximate surface area is 75.4 Å². The summed E-state index contributed by atoms with van der Waals surface area (Å²) in [5, 5.41) is 0. The van der Waals surface area contributed by atoms with E-state index in [0.717, 1.165) is 0 Å². The molecule has 13 heavy (non-hydrogen) atoms. The van der Waals surface area contributed by atoms with E-state index < -0.39 is 16.1 Å². The molecule has 3 aliphatic rings. The molecule has 0 aromatic heterocycles. The van der Waals surface area contributed by atoms with E-state index in [-0.39, 0.29) is 12.1 Å². The fourth-order valence-corrected chi connectivity index (χ4v) is 3.22. The van der Waals surface area contributed by atoms with E-state index in [0.29, 0.717) is 19.6 Å². The quantitative estimate of drug-likeness (QED) is 0.536. The Hall–Kier alpha value is -0.210. The summed E-state index contributed by atoms with van der Waals surface area (Å²) < 4.78 is 39.8. The van der Waals surface area contributed by atoms with E-state index in [2.05, 4.69) is 4.72 Å². The van der Waals surface area contributed by atoms with E-state index in [1.807, 2.05) is 0 Å². The van der Waals surface area contributed by atoms with Crippen LogP contribution in [0.4, 0.5) is 0 Å². The molecule has 6 nitrogen and oxygen atoms in total. The number of hydrogen-bond acceptors (Lipinski definition) is 5. The molecule has 1 N–H and O–H groups in total. The topological polar surface area (TPSA) is 73.9 Å². The Morgan fingerprint density at radius 2 is 2.00 bits per heavy atom. The third kappa shape index (κ3) is 0.990. The molecule has 1 aliphatic carbocycles. The first-order chi connectivity index (χ1) is 6.11. The Morgan fingerprint density at radius 3 is 2.62 bits per heavy atom. The van der Waals surface area contributed by atoms with Crippen molar-refractivity contribution in [1.82, 2.24) is 4.72 Å². The number of nitrogens with one attached hydrogen (secondary N) is 1. The van der Waals surface area contributed by atoms with Crippen LogP contribution in [0, 0.1) is 0 Å². The largest absolute Gasteiger partial charge is 0.346 e. The van der Waals surface area contributed by atoms with Crippen molar-refractivity contribution in [1.29, 1.82) is 0 Å². The van der Waals surface area contributed by atoms with Gasteiger partial charge in [-0.2, -0.15) is 13.1 Å². The molecule has 2 saturated heterocycles. The molecule has 0 bridgehead atoms. The summed E-state index contributed by atoms with van der Waals surface area (Å²) in [6.45, 7) is 1.04. The molecule has 3 fully saturated rings. The minimum atomic E-state index is -3.56. The summed E-state index contributed by atoms with van der Waals surface area (Å²) >= 11 is 0. The standard InChI is InChI=1S/C6H9NO5S/c8-13(9)7-5-4(12-13)3-6(5)10-1-2-11-6/h4-5,7H,1-3H2/t4-,5-/m1/s1. The number of ether oxygens (including phenoxy) is 2. The summed E-state index contributed by atoms with van der Waals surface area (Å²) in [5.74, 6) is -0.742. The predicted molar refractivity (Wildman–Crippen MR) is 40.0 cm³/mol. The van der Waals surface area contributed by atoms with Crippen LogP contribution in [0.2, 0.25) is 0 Å². The van der Waals surface area contributed by atoms with E-state index in [1.54, 1.807) is 0 Å². The minimum Gasteiger partial charge on any atom is -0.346 e. The Balaban J connectivity index is 1.86. The maximum absolute atomic E-state index is 11.0. The van der Waals surface area contributed by atoms with Crippen LogP contribution in [-0.2, 0) is 24.0 Å². The maximum Gasteiger partial charge on any atom is 0.336 e. The van der Waals surface area contributed by atoms with Crippen molar-refractivity contribution in [3.05, 3.63) is 0 Å². The highest BCUT2D eigenvalue weighted by Crippen LogP contribution is 2.45. The summed E-state index contributed by atoms with van der Waals surface area (Å²) in [5.41, 5.74) is 0. The monoisotopic (exact) mass is 207 g/mol. The molecule has 2 atom stereocenters. The Bertz CT molecular complexity index is 333. The highest BCUT2D eigenvalue weighted by molar-refractivity contribution is 7.85. The zero-order chi connectivity index (χ0) is 9.10. The second kappa shape index (κ2) is 2.23. The van der Waals surface area contributed by atoms with Crippen molar-refractivity contribution in [2.75, 3.05) is 13.2 Å². The van der Waals surface area contributed by atoms with E-state index in [9.17, 15) is 8.42 Å². The molecule has 0 aromatic rings. The fraction of sp³-hybridized carbons (Fsp3) is 1.00. The molecule has 2 heterocycles. The van der Waals surface area contributed by atoms with Gasteiger partial charge in [-0.15, -0.1) is 0 Å². The molecule has 74 valence electrons. The third-order valence-electron chi connectivity index (χ3n) is 2.63. The lowest BCUT2D eigenvalue weighted by atomic mass is 9.82. The fourth-order valence-electron chi connectivity index (χ4n) is 2.02. The van der Waals surface area contributed by atoms with Gasteiger partial charge in [0.2, 0.25) is 0 Å². The maximum atomic E-state index is 11.0. The summed E-state index contributed by atoms with van der Waals surface area (Å²) in [7, 11) is -3.56. The average molecular weight is 207 g/mol. The molecule has 1 saturated carbocycles. The van der Waals surface area contributed by atoms with Crippen LogP contribution in [0.1, 0.15) is 6.42 Å². The molecule has 1 spiro atoms. The highest BCUT2D eigenvalue weighted by atomic mass is 32.2. The Morgan fingerprint density at radius 1 is 1.31 bits per heavy atom. The van der Waals surface area contributed by atoms with Gasteiger partial charge in [0.25, 0.3) is 0 Å². The predicted octanol–water partition coefficient (Wildman–Crippen LogP) is -1.27. The highest BCUT2D eigenvalue weighted by Gasteiger charge is 2.65. The molecule has 2 aliphatic heterocycles. The molecular formula is C6H9NO5S. The van der Waals surface area contributed by atoms with Gasteiger partial charge in [-0.1, -0.05) is 0 Å². The molecule has 7 heteroatoms. The van der Waals surface area contributed by atoms with Crippen LogP contribution in [0.3, 0.4) is 0 Å². The lowest BCUT2D eigenvalue weighted by molar-refractivity contribution is -0.249. The SMILES string of the molecule is O=S1(=O)N[C@@H]2[C@@H](CC23OCCO3)O1. The normalized spacial score (nSPS) is 44.6. The number of rotatable bonds is 0. The van der Waals surface area contributed by atoms with E-state index >= 15 is 0 Å². The van der Waals surface area contributed by atoms with Crippen LogP contribution >= 0.6 is 0 Å². The van der Waals surface area contributed by atoms with Crippen molar-refractivity contribution < 1.29 is 22.1 Å². The summed E-state index contributed by atoms with van der Waals surface area (Å²) in [4.78, 5) is 0. The van der Waals surface area contributed by atoms with Crippen molar-refractivity contribution in [2.24, 2.45) is 0 Å². The van der Waals surface area contributed by atoms with Gasteiger partial charge in [0.1, 0.15) is 12.1 Å². The molecule has 0 aromatic carbocycles. The van der Waals surface area contributed by atoms with Gasteiger partial charge >= 0.3 is 10.3 Å². The van der Waals surface area contributed by atoms with Gasteiger partial charge in [-0.25, -0.2) is 0 Å². The van der Waals surface area contributed by atoms with E-state index in [4.69, 9.17) is 13.7 Å². The second-order valence-corrected chi connectivity index (χ2v) is 4.73. The summed E-state index contributed by atoms with van der Waals surface area (Å²) in [6, 6.07) is -0.361. The zero-order valence-electron chi connectivity index (χ0n) is 6.73. The van der Waals surface area contributed by atoms with Crippen LogP contribution in [0.25, 0.3) is 0 Å². The van der Waals surface area contributed by atoms with Crippen LogP contribution in [0.5, 0.6) is 0 Å². The Kier molecular flexibility index (Phi) is 1.40. The smallest absolute Gasteiger partial charge is 0.336 e. The van der Waals surface area contributed by atoms with Crippen molar-refractivity contribution in [3.63, 3.8) is 0 Å². The van der Waals surface area contributed by atoms with Crippen molar-refractivity contribution >= 4 is 10.3 Å². The molecular weight excluding hydrogens is 198 g/mol. The number of hydrogen-bond donors (Lipinski definition) is 1. The van der Waals surface area contributed by atoms with Gasteiger partial charge in [0, 0.05) is 6.42 Å². The summed E-state index contributed by atoms with van der Waals surface area (Å²) in [6.07, 6.45) is 0.173. The zero-order valence-corrected chi connectivity index (χ0v) is 7.54. The third-order valence-corrected chi connectivity index (χ3v) is 3.67.